The zero-order chi connectivity index (χ0) is 20.8. The lowest BCUT2D eigenvalue weighted by molar-refractivity contribution is -0.0339. The molecule has 0 aliphatic carbocycles. The van der Waals surface area contributed by atoms with E-state index in [1.807, 2.05) is 66.7 Å². The normalized spacial score (nSPS) is 18.2. The number of anilines is 1. The highest BCUT2D eigenvalue weighted by atomic mass is 19.1. The Balaban J connectivity index is 1.46. The second-order valence-corrected chi connectivity index (χ2v) is 7.17. The number of ether oxygens (including phenoxy) is 3. The summed E-state index contributed by atoms with van der Waals surface area (Å²) >= 11 is 0. The summed E-state index contributed by atoms with van der Waals surface area (Å²) in [6.07, 6.45) is 0.842. The average molecular weight is 405 g/mol. The van der Waals surface area contributed by atoms with E-state index in [9.17, 15) is 4.39 Å². The molecule has 1 heterocycles. The number of halogens is 1. The van der Waals surface area contributed by atoms with Crippen molar-refractivity contribution >= 4 is 5.69 Å². The first kappa shape index (κ1) is 20.1. The van der Waals surface area contributed by atoms with Crippen LogP contribution < -0.4 is 5.73 Å². The van der Waals surface area contributed by atoms with Gasteiger partial charge in [-0.15, -0.1) is 0 Å². The average Bonchev–Trinajstić information content (AvgIpc) is 3.16. The van der Waals surface area contributed by atoms with Gasteiger partial charge in [0.2, 0.25) is 0 Å². The molecule has 0 fully saturated rings. The van der Waals surface area contributed by atoms with Crippen molar-refractivity contribution in [3.8, 4) is 0 Å². The highest BCUT2D eigenvalue weighted by Gasteiger charge is 2.31. The fraction of sp³-hybridized carbons (Fsp3) is 0.200. The molecule has 1 aliphatic rings. The summed E-state index contributed by atoms with van der Waals surface area (Å²) in [6.45, 7) is 1.18. The van der Waals surface area contributed by atoms with Gasteiger partial charge in [0.25, 0.3) is 0 Å². The van der Waals surface area contributed by atoms with Crippen molar-refractivity contribution in [3.05, 3.63) is 113 Å². The molecule has 2 atom stereocenters. The highest BCUT2D eigenvalue weighted by molar-refractivity contribution is 5.42. The number of hydrogen-bond donors (Lipinski definition) is 1. The fourth-order valence-electron chi connectivity index (χ4n) is 3.34. The first-order valence-corrected chi connectivity index (χ1v) is 9.89. The molecule has 0 saturated heterocycles. The Hall–Kier alpha value is -3.15. The maximum Gasteiger partial charge on any atom is 0.139 e. The third-order valence-corrected chi connectivity index (χ3v) is 4.90. The van der Waals surface area contributed by atoms with Gasteiger partial charge < -0.3 is 19.9 Å². The van der Waals surface area contributed by atoms with Gasteiger partial charge in [0.1, 0.15) is 30.4 Å². The summed E-state index contributed by atoms with van der Waals surface area (Å²) < 4.78 is 32.4. The van der Waals surface area contributed by atoms with Crippen molar-refractivity contribution in [3.63, 3.8) is 0 Å². The monoisotopic (exact) mass is 405 g/mol. The van der Waals surface area contributed by atoms with Crippen LogP contribution in [-0.2, 0) is 27.4 Å². The van der Waals surface area contributed by atoms with Crippen LogP contribution in [0.2, 0.25) is 0 Å². The van der Waals surface area contributed by atoms with E-state index in [-0.39, 0.29) is 0 Å². The van der Waals surface area contributed by atoms with E-state index in [0.29, 0.717) is 36.8 Å². The topological polar surface area (TPSA) is 53.7 Å². The molecule has 0 amide bonds. The molecule has 30 heavy (non-hydrogen) atoms. The van der Waals surface area contributed by atoms with Crippen LogP contribution in [0.25, 0.3) is 0 Å². The van der Waals surface area contributed by atoms with Gasteiger partial charge in [-0.1, -0.05) is 66.7 Å². The van der Waals surface area contributed by atoms with E-state index >= 15 is 0 Å². The van der Waals surface area contributed by atoms with Gasteiger partial charge in [0.15, 0.2) is 0 Å². The zero-order valence-electron chi connectivity index (χ0n) is 16.5. The molecule has 0 aromatic heterocycles. The SMILES string of the molecule is Nc1ccc([C@@H]2C=C(OCc3ccccc3)[C@H](COCc3ccccc3)O2)c(F)c1. The Kier molecular flexibility index (Phi) is 6.42. The standard InChI is InChI=1S/C25H24FNO3/c26-22-13-20(27)11-12-21(22)23-14-24(29-16-19-9-5-2-6-10-19)25(30-23)17-28-15-18-7-3-1-4-8-18/h1-14,23,25H,15-17,27H2/t23-,25-/m0/s1. The summed E-state index contributed by atoms with van der Waals surface area (Å²) in [5.41, 5.74) is 8.60. The minimum atomic E-state index is -0.554. The summed E-state index contributed by atoms with van der Waals surface area (Å²) in [5, 5.41) is 0. The predicted molar refractivity (Wildman–Crippen MR) is 114 cm³/mol. The quantitative estimate of drug-likeness (QED) is 0.526. The minimum absolute atomic E-state index is 0.308. The molecule has 0 unspecified atom stereocenters. The van der Waals surface area contributed by atoms with Crippen molar-refractivity contribution in [1.29, 1.82) is 0 Å². The molecule has 0 saturated carbocycles. The third kappa shape index (κ3) is 5.06. The molecule has 0 radical (unpaired) electrons. The molecule has 1 aliphatic heterocycles. The fourth-order valence-corrected chi connectivity index (χ4v) is 3.34. The molecule has 4 nitrogen and oxygen atoms in total. The lowest BCUT2D eigenvalue weighted by Crippen LogP contribution is -2.20. The van der Waals surface area contributed by atoms with E-state index in [2.05, 4.69) is 0 Å². The molecular formula is C25H24FNO3. The van der Waals surface area contributed by atoms with Gasteiger partial charge in [0.05, 0.1) is 13.2 Å². The minimum Gasteiger partial charge on any atom is -0.491 e. The van der Waals surface area contributed by atoms with E-state index in [4.69, 9.17) is 19.9 Å². The Bertz CT molecular complexity index is 992. The maximum atomic E-state index is 14.4. The van der Waals surface area contributed by atoms with Crippen molar-refractivity contribution in [1.82, 2.24) is 0 Å². The van der Waals surface area contributed by atoms with Crippen LogP contribution in [0.3, 0.4) is 0 Å². The van der Waals surface area contributed by atoms with Crippen molar-refractivity contribution in [2.75, 3.05) is 12.3 Å². The van der Waals surface area contributed by atoms with E-state index < -0.39 is 18.0 Å². The van der Waals surface area contributed by atoms with Crippen LogP contribution in [-0.4, -0.2) is 12.7 Å². The number of nitrogen functional groups attached to an aromatic ring is 1. The van der Waals surface area contributed by atoms with Crippen molar-refractivity contribution in [2.24, 2.45) is 0 Å². The lowest BCUT2D eigenvalue weighted by Gasteiger charge is -2.18. The molecule has 3 aromatic carbocycles. The lowest BCUT2D eigenvalue weighted by atomic mass is 10.1. The summed E-state index contributed by atoms with van der Waals surface area (Å²) in [5.74, 6) is 0.248. The largest absolute Gasteiger partial charge is 0.491 e. The first-order valence-electron chi connectivity index (χ1n) is 9.89. The molecule has 0 spiro atoms. The highest BCUT2D eigenvalue weighted by Crippen LogP contribution is 2.34. The third-order valence-electron chi connectivity index (χ3n) is 4.90. The number of nitrogens with two attached hydrogens (primary N) is 1. The van der Waals surface area contributed by atoms with Crippen LogP contribution >= 0.6 is 0 Å². The van der Waals surface area contributed by atoms with E-state index in [1.165, 1.54) is 6.07 Å². The maximum absolute atomic E-state index is 14.4. The second-order valence-electron chi connectivity index (χ2n) is 7.17. The van der Waals surface area contributed by atoms with Gasteiger partial charge in [-0.2, -0.15) is 0 Å². The molecule has 5 heteroatoms. The number of rotatable bonds is 8. The second kappa shape index (κ2) is 9.57. The van der Waals surface area contributed by atoms with Gasteiger partial charge in [-0.05, 0) is 29.3 Å². The van der Waals surface area contributed by atoms with Gasteiger partial charge in [0, 0.05) is 11.3 Å². The van der Waals surface area contributed by atoms with E-state index in [1.54, 1.807) is 12.1 Å². The molecular weight excluding hydrogens is 381 g/mol. The zero-order valence-corrected chi connectivity index (χ0v) is 16.5. The van der Waals surface area contributed by atoms with Crippen molar-refractivity contribution < 1.29 is 18.6 Å². The Morgan fingerprint density at radius 2 is 1.53 bits per heavy atom. The van der Waals surface area contributed by atoms with Gasteiger partial charge in [-0.25, -0.2) is 4.39 Å². The summed E-state index contributed by atoms with van der Waals surface area (Å²) in [7, 11) is 0. The Labute approximate surface area is 175 Å². The van der Waals surface area contributed by atoms with Crippen LogP contribution in [0.4, 0.5) is 10.1 Å². The Morgan fingerprint density at radius 3 is 2.20 bits per heavy atom. The molecule has 0 bridgehead atoms. The van der Waals surface area contributed by atoms with Gasteiger partial charge >= 0.3 is 0 Å². The van der Waals surface area contributed by atoms with Crippen molar-refractivity contribution in [2.45, 2.75) is 25.4 Å². The number of hydrogen-bond acceptors (Lipinski definition) is 4. The molecule has 2 N–H and O–H groups in total. The predicted octanol–water partition coefficient (Wildman–Crippen LogP) is 5.17. The summed E-state index contributed by atoms with van der Waals surface area (Å²) in [4.78, 5) is 0. The van der Waals surface area contributed by atoms with Crippen LogP contribution in [0.15, 0.2) is 90.7 Å². The first-order chi connectivity index (χ1) is 14.7. The van der Waals surface area contributed by atoms with Gasteiger partial charge in [-0.3, -0.25) is 0 Å². The van der Waals surface area contributed by atoms with Crippen LogP contribution in [0, 0.1) is 5.82 Å². The van der Waals surface area contributed by atoms with Crippen LogP contribution in [0.1, 0.15) is 22.8 Å². The molecule has 4 rings (SSSR count). The molecule has 3 aromatic rings. The van der Waals surface area contributed by atoms with Crippen LogP contribution in [0.5, 0.6) is 0 Å². The summed E-state index contributed by atoms with van der Waals surface area (Å²) in [6, 6.07) is 24.4. The number of benzene rings is 3. The van der Waals surface area contributed by atoms with E-state index in [0.717, 1.165) is 11.1 Å². The smallest absolute Gasteiger partial charge is 0.139 e. The Morgan fingerprint density at radius 1 is 0.867 bits per heavy atom. The molecule has 154 valence electrons.